The SMILES string of the molecule is CNC(c1cccs1)c1ccc(Br)s1. The van der Waals surface area contributed by atoms with Gasteiger partial charge in [0.25, 0.3) is 0 Å². The first kappa shape index (κ1) is 10.4. The summed E-state index contributed by atoms with van der Waals surface area (Å²) in [5.74, 6) is 0. The molecule has 0 aliphatic heterocycles. The van der Waals surface area contributed by atoms with Gasteiger partial charge < -0.3 is 5.32 Å². The Bertz CT molecular complexity index is 394. The number of rotatable bonds is 3. The Kier molecular flexibility index (Phi) is 3.38. The first-order chi connectivity index (χ1) is 6.81. The van der Waals surface area contributed by atoms with Gasteiger partial charge >= 0.3 is 0 Å². The zero-order valence-corrected chi connectivity index (χ0v) is 10.9. The first-order valence-electron chi connectivity index (χ1n) is 4.27. The van der Waals surface area contributed by atoms with E-state index in [1.807, 2.05) is 7.05 Å². The quantitative estimate of drug-likeness (QED) is 0.903. The fraction of sp³-hybridized carbons (Fsp3) is 0.200. The van der Waals surface area contributed by atoms with Crippen LogP contribution in [-0.4, -0.2) is 7.05 Å². The van der Waals surface area contributed by atoms with E-state index in [0.717, 1.165) is 0 Å². The number of hydrogen-bond donors (Lipinski definition) is 1. The molecule has 1 nitrogen and oxygen atoms in total. The summed E-state index contributed by atoms with van der Waals surface area (Å²) in [6.45, 7) is 0. The Morgan fingerprint density at radius 1 is 1.29 bits per heavy atom. The van der Waals surface area contributed by atoms with Gasteiger partial charge in [-0.05, 0) is 46.6 Å². The van der Waals surface area contributed by atoms with Crippen LogP contribution in [-0.2, 0) is 0 Å². The van der Waals surface area contributed by atoms with Crippen molar-refractivity contribution in [2.24, 2.45) is 0 Å². The average molecular weight is 288 g/mol. The van der Waals surface area contributed by atoms with Crippen LogP contribution in [0, 0.1) is 0 Å². The molecule has 0 radical (unpaired) electrons. The number of nitrogens with one attached hydrogen (secondary N) is 1. The van der Waals surface area contributed by atoms with E-state index < -0.39 is 0 Å². The van der Waals surface area contributed by atoms with Gasteiger partial charge in [-0.2, -0.15) is 0 Å². The second kappa shape index (κ2) is 4.57. The fourth-order valence-electron chi connectivity index (χ4n) is 1.36. The van der Waals surface area contributed by atoms with E-state index in [2.05, 4.69) is 50.9 Å². The van der Waals surface area contributed by atoms with Crippen molar-refractivity contribution in [2.75, 3.05) is 7.05 Å². The molecule has 0 aliphatic carbocycles. The molecule has 0 aromatic carbocycles. The molecule has 0 saturated carbocycles. The van der Waals surface area contributed by atoms with Crippen LogP contribution in [0.3, 0.4) is 0 Å². The Labute approximate surface area is 99.9 Å². The maximum Gasteiger partial charge on any atom is 0.0762 e. The molecule has 14 heavy (non-hydrogen) atoms. The number of thiophene rings is 2. The van der Waals surface area contributed by atoms with Gasteiger partial charge in [0.15, 0.2) is 0 Å². The molecule has 0 saturated heterocycles. The monoisotopic (exact) mass is 287 g/mol. The predicted molar refractivity (Wildman–Crippen MR) is 67.2 cm³/mol. The number of hydrogen-bond acceptors (Lipinski definition) is 3. The molecule has 0 aliphatic rings. The molecule has 0 amide bonds. The standard InChI is InChI=1S/C10H10BrNS2/c1-12-10(7-3-2-6-13-7)8-4-5-9(11)14-8/h2-6,10,12H,1H3. The minimum absolute atomic E-state index is 0.339. The van der Waals surface area contributed by atoms with Crippen molar-refractivity contribution in [3.63, 3.8) is 0 Å². The highest BCUT2D eigenvalue weighted by atomic mass is 79.9. The Morgan fingerprint density at radius 2 is 2.14 bits per heavy atom. The molecule has 2 aromatic rings. The lowest BCUT2D eigenvalue weighted by Crippen LogP contribution is -2.14. The highest BCUT2D eigenvalue weighted by Crippen LogP contribution is 2.32. The van der Waals surface area contributed by atoms with Crippen molar-refractivity contribution in [3.8, 4) is 0 Å². The normalized spacial score (nSPS) is 13.0. The highest BCUT2D eigenvalue weighted by Gasteiger charge is 2.14. The van der Waals surface area contributed by atoms with Crippen LogP contribution in [0.2, 0.25) is 0 Å². The molecule has 1 N–H and O–H groups in total. The van der Waals surface area contributed by atoms with E-state index in [4.69, 9.17) is 0 Å². The van der Waals surface area contributed by atoms with E-state index in [1.165, 1.54) is 13.5 Å². The molecule has 0 fully saturated rings. The van der Waals surface area contributed by atoms with E-state index in [0.29, 0.717) is 6.04 Å². The molecular weight excluding hydrogens is 278 g/mol. The molecule has 1 atom stereocenters. The van der Waals surface area contributed by atoms with Crippen LogP contribution in [0.15, 0.2) is 33.4 Å². The molecule has 74 valence electrons. The van der Waals surface area contributed by atoms with Gasteiger partial charge in [-0.25, -0.2) is 0 Å². The van der Waals surface area contributed by atoms with Gasteiger partial charge in [0, 0.05) is 9.75 Å². The lowest BCUT2D eigenvalue weighted by atomic mass is 10.2. The molecule has 2 heterocycles. The van der Waals surface area contributed by atoms with Gasteiger partial charge in [-0.3, -0.25) is 0 Å². The van der Waals surface area contributed by atoms with Crippen LogP contribution in [0.4, 0.5) is 0 Å². The maximum absolute atomic E-state index is 3.49. The highest BCUT2D eigenvalue weighted by molar-refractivity contribution is 9.11. The molecule has 2 rings (SSSR count). The summed E-state index contributed by atoms with van der Waals surface area (Å²) in [7, 11) is 2.00. The van der Waals surface area contributed by atoms with Gasteiger partial charge in [0.1, 0.15) is 0 Å². The van der Waals surface area contributed by atoms with Gasteiger partial charge in [-0.1, -0.05) is 6.07 Å². The average Bonchev–Trinajstić information content (AvgIpc) is 2.79. The van der Waals surface area contributed by atoms with Gasteiger partial charge in [-0.15, -0.1) is 22.7 Å². The summed E-state index contributed by atoms with van der Waals surface area (Å²) < 4.78 is 1.18. The van der Waals surface area contributed by atoms with Crippen molar-refractivity contribution in [1.29, 1.82) is 0 Å². The van der Waals surface area contributed by atoms with Crippen LogP contribution in [0.5, 0.6) is 0 Å². The third kappa shape index (κ3) is 2.08. The first-order valence-corrected chi connectivity index (χ1v) is 6.76. The minimum atomic E-state index is 0.339. The third-order valence-corrected chi connectivity index (χ3v) is 4.62. The van der Waals surface area contributed by atoms with Crippen LogP contribution in [0.1, 0.15) is 15.8 Å². The fourth-order valence-corrected chi connectivity index (χ4v) is 3.84. The Hall–Kier alpha value is -0.160. The molecular formula is C10H10BrNS2. The summed E-state index contributed by atoms with van der Waals surface area (Å²) in [6, 6.07) is 8.85. The van der Waals surface area contributed by atoms with Crippen molar-refractivity contribution in [3.05, 3.63) is 43.2 Å². The van der Waals surface area contributed by atoms with E-state index in [1.54, 1.807) is 22.7 Å². The van der Waals surface area contributed by atoms with Crippen molar-refractivity contribution < 1.29 is 0 Å². The van der Waals surface area contributed by atoms with Crippen LogP contribution >= 0.6 is 38.6 Å². The largest absolute Gasteiger partial charge is 0.308 e. The maximum atomic E-state index is 3.49. The van der Waals surface area contributed by atoms with Crippen molar-refractivity contribution in [1.82, 2.24) is 5.32 Å². The molecule has 0 bridgehead atoms. The summed E-state index contributed by atoms with van der Waals surface area (Å²) >= 11 is 7.06. The van der Waals surface area contributed by atoms with Crippen LogP contribution < -0.4 is 5.32 Å². The second-order valence-corrected chi connectivity index (χ2v) is 6.35. The zero-order valence-electron chi connectivity index (χ0n) is 7.66. The van der Waals surface area contributed by atoms with E-state index in [9.17, 15) is 0 Å². The topological polar surface area (TPSA) is 12.0 Å². The van der Waals surface area contributed by atoms with Gasteiger partial charge in [0.2, 0.25) is 0 Å². The lowest BCUT2D eigenvalue weighted by molar-refractivity contribution is 0.716. The second-order valence-electron chi connectivity index (χ2n) is 2.88. The summed E-state index contributed by atoms with van der Waals surface area (Å²) in [5.41, 5.74) is 0. The Balaban J connectivity index is 2.31. The molecule has 1 unspecified atom stereocenters. The third-order valence-electron chi connectivity index (χ3n) is 1.99. The summed E-state index contributed by atoms with van der Waals surface area (Å²) in [5, 5.41) is 5.45. The van der Waals surface area contributed by atoms with Crippen molar-refractivity contribution >= 4 is 38.6 Å². The van der Waals surface area contributed by atoms with Crippen LogP contribution in [0.25, 0.3) is 0 Å². The lowest BCUT2D eigenvalue weighted by Gasteiger charge is -2.11. The molecule has 0 spiro atoms. The number of halogens is 1. The summed E-state index contributed by atoms with van der Waals surface area (Å²) in [4.78, 5) is 2.71. The van der Waals surface area contributed by atoms with Gasteiger partial charge in [0.05, 0.1) is 9.83 Å². The zero-order chi connectivity index (χ0) is 9.97. The van der Waals surface area contributed by atoms with E-state index >= 15 is 0 Å². The predicted octanol–water partition coefficient (Wildman–Crippen LogP) is 3.88. The Morgan fingerprint density at radius 3 is 2.64 bits per heavy atom. The smallest absolute Gasteiger partial charge is 0.0762 e. The van der Waals surface area contributed by atoms with E-state index in [-0.39, 0.29) is 0 Å². The molecule has 2 aromatic heterocycles. The van der Waals surface area contributed by atoms with Crippen molar-refractivity contribution in [2.45, 2.75) is 6.04 Å². The molecule has 4 heteroatoms. The minimum Gasteiger partial charge on any atom is -0.308 e. The summed E-state index contributed by atoms with van der Waals surface area (Å²) in [6.07, 6.45) is 0.